The first-order valence-corrected chi connectivity index (χ1v) is 9.96. The predicted molar refractivity (Wildman–Crippen MR) is 103 cm³/mol. The Bertz CT molecular complexity index is 751. The van der Waals surface area contributed by atoms with Crippen LogP contribution in [0.5, 0.6) is 11.5 Å². The Balaban J connectivity index is 1.89. The standard InChI is InChI=1S/C20H27ClF3NO4/c1-19(2,3)29-16-9-25-6-5-11-12(13(25)8-14(16)26)7-15(27-4)18(17(11)21)28-10-20(22,23)24/h7,13-14,16,26H,5-6,8-10H2,1-4H3/t13-,14-,16-/m1/s1. The van der Waals surface area contributed by atoms with Gasteiger partial charge in [-0.25, -0.2) is 0 Å². The van der Waals surface area contributed by atoms with Gasteiger partial charge in [-0.05, 0) is 50.8 Å². The van der Waals surface area contributed by atoms with Crippen LogP contribution in [0.4, 0.5) is 13.2 Å². The van der Waals surface area contributed by atoms with Crippen molar-refractivity contribution < 1.29 is 32.5 Å². The average Bonchev–Trinajstić information content (AvgIpc) is 2.59. The number of benzene rings is 1. The Morgan fingerprint density at radius 2 is 1.97 bits per heavy atom. The zero-order valence-electron chi connectivity index (χ0n) is 17.0. The molecule has 2 aliphatic heterocycles. The van der Waals surface area contributed by atoms with E-state index in [1.165, 1.54) is 7.11 Å². The fourth-order valence-electron chi connectivity index (χ4n) is 4.06. The van der Waals surface area contributed by atoms with Crippen molar-refractivity contribution >= 4 is 11.6 Å². The third-order valence-corrected chi connectivity index (χ3v) is 5.59. The zero-order valence-corrected chi connectivity index (χ0v) is 17.7. The van der Waals surface area contributed by atoms with Crippen molar-refractivity contribution in [1.29, 1.82) is 0 Å². The molecule has 164 valence electrons. The molecule has 3 rings (SSSR count). The second kappa shape index (κ2) is 8.13. The number of aliphatic hydroxyl groups is 1. The van der Waals surface area contributed by atoms with Gasteiger partial charge in [-0.2, -0.15) is 13.2 Å². The largest absolute Gasteiger partial charge is 0.493 e. The smallest absolute Gasteiger partial charge is 0.422 e. The predicted octanol–water partition coefficient (Wildman–Crippen LogP) is 4.14. The molecule has 1 N–H and O–H groups in total. The monoisotopic (exact) mass is 437 g/mol. The van der Waals surface area contributed by atoms with E-state index in [9.17, 15) is 18.3 Å². The quantitative estimate of drug-likeness (QED) is 0.767. The number of halogens is 4. The van der Waals surface area contributed by atoms with Gasteiger partial charge in [0.2, 0.25) is 0 Å². The van der Waals surface area contributed by atoms with Crippen molar-refractivity contribution in [3.63, 3.8) is 0 Å². The third kappa shape index (κ3) is 5.10. The highest BCUT2D eigenvalue weighted by molar-refractivity contribution is 6.33. The number of nitrogens with zero attached hydrogens (tertiary/aromatic N) is 1. The first-order chi connectivity index (χ1) is 13.4. The van der Waals surface area contributed by atoms with Gasteiger partial charge in [0.15, 0.2) is 18.1 Å². The van der Waals surface area contributed by atoms with Gasteiger partial charge in [0.25, 0.3) is 0 Å². The summed E-state index contributed by atoms with van der Waals surface area (Å²) in [6.07, 6.45) is -4.44. The van der Waals surface area contributed by atoms with Gasteiger partial charge in [-0.15, -0.1) is 0 Å². The molecule has 1 aromatic rings. The maximum atomic E-state index is 12.6. The molecule has 0 bridgehead atoms. The first-order valence-electron chi connectivity index (χ1n) is 9.58. The van der Waals surface area contributed by atoms with Crippen molar-refractivity contribution in [3.05, 3.63) is 22.2 Å². The van der Waals surface area contributed by atoms with Crippen LogP contribution in [-0.2, 0) is 11.2 Å². The molecule has 2 aliphatic rings. The molecular formula is C20H27ClF3NO4. The third-order valence-electron chi connectivity index (χ3n) is 5.19. The normalized spacial score (nSPS) is 25.3. The minimum absolute atomic E-state index is 0.0935. The van der Waals surface area contributed by atoms with Crippen LogP contribution >= 0.6 is 11.6 Å². The van der Waals surface area contributed by atoms with E-state index in [2.05, 4.69) is 4.90 Å². The average molecular weight is 438 g/mol. The Morgan fingerprint density at radius 1 is 1.28 bits per heavy atom. The molecule has 5 nitrogen and oxygen atoms in total. The van der Waals surface area contributed by atoms with E-state index in [0.29, 0.717) is 25.9 Å². The van der Waals surface area contributed by atoms with Crippen LogP contribution in [0.25, 0.3) is 0 Å². The number of hydrogen-bond acceptors (Lipinski definition) is 5. The maximum Gasteiger partial charge on any atom is 0.422 e. The number of alkyl halides is 3. The topological polar surface area (TPSA) is 51.2 Å². The molecule has 3 atom stereocenters. The van der Waals surface area contributed by atoms with E-state index in [0.717, 1.165) is 11.1 Å². The molecule has 29 heavy (non-hydrogen) atoms. The van der Waals surface area contributed by atoms with Gasteiger partial charge >= 0.3 is 6.18 Å². The summed E-state index contributed by atoms with van der Waals surface area (Å²) in [5, 5.41) is 10.8. The van der Waals surface area contributed by atoms with Crippen molar-refractivity contribution in [2.45, 2.75) is 63.6 Å². The summed E-state index contributed by atoms with van der Waals surface area (Å²) < 4.78 is 54.1. The highest BCUT2D eigenvalue weighted by Gasteiger charge is 2.41. The molecule has 9 heteroatoms. The lowest BCUT2D eigenvalue weighted by Gasteiger charge is -2.47. The minimum atomic E-state index is -4.48. The van der Waals surface area contributed by atoms with Crippen molar-refractivity contribution in [1.82, 2.24) is 4.90 Å². The van der Waals surface area contributed by atoms with E-state index in [-0.39, 0.29) is 34.3 Å². The Morgan fingerprint density at radius 3 is 2.55 bits per heavy atom. The van der Waals surface area contributed by atoms with Crippen LogP contribution in [-0.4, -0.2) is 60.8 Å². The van der Waals surface area contributed by atoms with E-state index >= 15 is 0 Å². The van der Waals surface area contributed by atoms with Gasteiger partial charge in [0, 0.05) is 19.1 Å². The fourth-order valence-corrected chi connectivity index (χ4v) is 4.41. The number of methoxy groups -OCH3 is 1. The molecule has 0 unspecified atom stereocenters. The summed E-state index contributed by atoms with van der Waals surface area (Å²) in [4.78, 5) is 2.22. The number of ether oxygens (including phenoxy) is 3. The van der Waals surface area contributed by atoms with Gasteiger partial charge in [0.05, 0.1) is 29.9 Å². The van der Waals surface area contributed by atoms with E-state index in [1.807, 2.05) is 20.8 Å². The summed E-state index contributed by atoms with van der Waals surface area (Å²) in [5.74, 6) is 0.0615. The van der Waals surface area contributed by atoms with Crippen LogP contribution < -0.4 is 9.47 Å². The summed E-state index contributed by atoms with van der Waals surface area (Å²) >= 11 is 6.44. The molecule has 1 saturated heterocycles. The van der Waals surface area contributed by atoms with E-state index in [1.54, 1.807) is 6.07 Å². The van der Waals surface area contributed by atoms with Crippen LogP contribution in [0, 0.1) is 0 Å². The Kier molecular flexibility index (Phi) is 6.30. The highest BCUT2D eigenvalue weighted by Crippen LogP contribution is 2.47. The highest BCUT2D eigenvalue weighted by atomic mass is 35.5. The molecular weight excluding hydrogens is 411 g/mol. The summed E-state index contributed by atoms with van der Waals surface area (Å²) in [6.45, 7) is 5.63. The first kappa shape index (κ1) is 22.5. The second-order valence-electron chi connectivity index (χ2n) is 8.53. The molecule has 1 aromatic carbocycles. The molecule has 2 heterocycles. The zero-order chi connectivity index (χ0) is 21.6. The molecule has 1 fully saturated rings. The lowest BCUT2D eigenvalue weighted by Crippen LogP contribution is -2.53. The van der Waals surface area contributed by atoms with Crippen LogP contribution in [0.1, 0.15) is 44.4 Å². The van der Waals surface area contributed by atoms with Crippen LogP contribution in [0.15, 0.2) is 6.07 Å². The number of piperidine rings is 1. The molecule has 0 radical (unpaired) electrons. The SMILES string of the molecule is COc1cc2c(c(Cl)c1OCC(F)(F)F)CCN1C[C@@H](OC(C)(C)C)[C@H](O)C[C@H]21. The molecule has 0 saturated carbocycles. The van der Waals surface area contributed by atoms with Crippen LogP contribution in [0.2, 0.25) is 5.02 Å². The van der Waals surface area contributed by atoms with Gasteiger partial charge in [0.1, 0.15) is 0 Å². The van der Waals surface area contributed by atoms with Gasteiger partial charge in [-0.3, -0.25) is 4.90 Å². The second-order valence-corrected chi connectivity index (χ2v) is 8.90. The van der Waals surface area contributed by atoms with E-state index < -0.39 is 18.9 Å². The molecule has 0 aliphatic carbocycles. The summed E-state index contributed by atoms with van der Waals surface area (Å²) in [7, 11) is 1.36. The summed E-state index contributed by atoms with van der Waals surface area (Å²) in [6, 6.07) is 1.57. The minimum Gasteiger partial charge on any atom is -0.493 e. The molecule has 0 amide bonds. The van der Waals surface area contributed by atoms with Crippen molar-refractivity contribution in [3.8, 4) is 11.5 Å². The lowest BCUT2D eigenvalue weighted by molar-refractivity contribution is -0.153. The summed E-state index contributed by atoms with van der Waals surface area (Å²) in [5.41, 5.74) is 1.22. The van der Waals surface area contributed by atoms with Gasteiger partial charge < -0.3 is 19.3 Å². The number of fused-ring (bicyclic) bond motifs is 3. The molecule has 0 aromatic heterocycles. The number of aliphatic hydroxyl groups excluding tert-OH is 1. The maximum absolute atomic E-state index is 12.6. The van der Waals surface area contributed by atoms with Gasteiger partial charge in [-0.1, -0.05) is 11.6 Å². The fraction of sp³-hybridized carbons (Fsp3) is 0.700. The van der Waals surface area contributed by atoms with Crippen LogP contribution in [0.3, 0.4) is 0 Å². The lowest BCUT2D eigenvalue weighted by atomic mass is 9.84. The molecule has 0 spiro atoms. The Labute approximate surface area is 173 Å². The van der Waals surface area contributed by atoms with Crippen molar-refractivity contribution in [2.75, 3.05) is 26.8 Å². The number of hydrogen-bond donors (Lipinski definition) is 1. The van der Waals surface area contributed by atoms with E-state index in [4.69, 9.17) is 25.8 Å². The Hall–Kier alpha value is -1.22. The number of rotatable bonds is 4. The van der Waals surface area contributed by atoms with Crippen molar-refractivity contribution in [2.24, 2.45) is 0 Å².